The molecule has 37 heavy (non-hydrogen) atoms. The van der Waals surface area contributed by atoms with E-state index >= 15 is 0 Å². The van der Waals surface area contributed by atoms with E-state index in [4.69, 9.17) is 9.47 Å². The van der Waals surface area contributed by atoms with Crippen LogP contribution in [-0.2, 0) is 19.1 Å². The van der Waals surface area contributed by atoms with Gasteiger partial charge < -0.3 is 19.7 Å². The molecular weight excluding hydrogens is 468 g/mol. The van der Waals surface area contributed by atoms with Crippen LogP contribution in [0.2, 0.25) is 0 Å². The lowest BCUT2D eigenvalue weighted by molar-refractivity contribution is -0.226. The number of hydrogen-bond donors (Lipinski definition) is 2. The van der Waals surface area contributed by atoms with Gasteiger partial charge in [0.2, 0.25) is 0 Å². The van der Waals surface area contributed by atoms with Gasteiger partial charge in [-0.1, -0.05) is 34.1 Å². The molecule has 1 spiro atoms. The fraction of sp³-hybridized carbons (Fsp3) is 0.871. The number of ether oxygens (including phenoxy) is 2. The van der Waals surface area contributed by atoms with E-state index in [9.17, 15) is 19.8 Å². The van der Waals surface area contributed by atoms with Gasteiger partial charge in [-0.05, 0) is 98.7 Å². The number of esters is 2. The average molecular weight is 515 g/mol. The Kier molecular flexibility index (Phi) is 5.63. The Hall–Kier alpha value is -1.40. The zero-order valence-corrected chi connectivity index (χ0v) is 23.5. The third kappa shape index (κ3) is 3.30. The molecule has 0 unspecified atom stereocenters. The van der Waals surface area contributed by atoms with Crippen LogP contribution in [0, 0.1) is 45.3 Å². The first-order valence-electron chi connectivity index (χ1n) is 14.8. The number of rotatable bonds is 3. The van der Waals surface area contributed by atoms with E-state index in [1.54, 1.807) is 6.92 Å². The second kappa shape index (κ2) is 8.06. The zero-order chi connectivity index (χ0) is 26.7. The van der Waals surface area contributed by atoms with Crippen LogP contribution in [0.25, 0.3) is 0 Å². The molecule has 206 valence electrons. The summed E-state index contributed by atoms with van der Waals surface area (Å²) in [6.45, 7) is 12.9. The molecule has 6 rings (SSSR count). The van der Waals surface area contributed by atoms with Crippen molar-refractivity contribution in [3.63, 3.8) is 0 Å². The highest BCUT2D eigenvalue weighted by molar-refractivity contribution is 5.94. The van der Waals surface area contributed by atoms with Crippen LogP contribution < -0.4 is 0 Å². The molecule has 4 fully saturated rings. The van der Waals surface area contributed by atoms with Gasteiger partial charge in [0.1, 0.15) is 12.2 Å². The van der Waals surface area contributed by atoms with E-state index in [1.165, 1.54) is 32.1 Å². The first-order valence-corrected chi connectivity index (χ1v) is 14.8. The van der Waals surface area contributed by atoms with E-state index in [1.807, 2.05) is 6.92 Å². The van der Waals surface area contributed by atoms with Crippen molar-refractivity contribution in [2.24, 2.45) is 45.3 Å². The lowest BCUT2D eigenvalue weighted by Gasteiger charge is -2.69. The Labute approximate surface area is 221 Å². The van der Waals surface area contributed by atoms with E-state index in [0.29, 0.717) is 34.8 Å². The Morgan fingerprint density at radius 3 is 2.41 bits per heavy atom. The maximum atomic E-state index is 13.3. The summed E-state index contributed by atoms with van der Waals surface area (Å²) >= 11 is 0. The molecule has 0 saturated heterocycles. The first kappa shape index (κ1) is 25.9. The van der Waals surface area contributed by atoms with Crippen molar-refractivity contribution in [1.29, 1.82) is 0 Å². The molecule has 6 aliphatic rings. The number of aliphatic hydroxyl groups is 2. The van der Waals surface area contributed by atoms with Crippen molar-refractivity contribution >= 4 is 11.9 Å². The fourth-order valence-electron chi connectivity index (χ4n) is 11.3. The molecule has 4 saturated carbocycles. The second-order valence-electron chi connectivity index (χ2n) is 14.6. The predicted molar refractivity (Wildman–Crippen MR) is 138 cm³/mol. The Bertz CT molecular complexity index is 1050. The lowest BCUT2D eigenvalue weighted by atomic mass is 9.35. The minimum atomic E-state index is -0.782. The molecule has 2 N–H and O–H groups in total. The average Bonchev–Trinajstić information content (AvgIpc) is 3.30. The molecule has 1 heterocycles. The molecule has 0 aromatic heterocycles. The Balaban J connectivity index is 1.47. The van der Waals surface area contributed by atoms with Crippen LogP contribution in [0.5, 0.6) is 0 Å². The van der Waals surface area contributed by atoms with Gasteiger partial charge in [0.15, 0.2) is 0 Å². The minimum Gasteiger partial charge on any atom is -0.461 e. The van der Waals surface area contributed by atoms with Gasteiger partial charge in [-0.15, -0.1) is 0 Å². The molecule has 0 radical (unpaired) electrons. The highest BCUT2D eigenvalue weighted by atomic mass is 16.6. The molecule has 6 heteroatoms. The Morgan fingerprint density at radius 1 is 1.08 bits per heavy atom. The van der Waals surface area contributed by atoms with Crippen molar-refractivity contribution in [2.45, 2.75) is 124 Å². The van der Waals surface area contributed by atoms with Gasteiger partial charge in [0.25, 0.3) is 0 Å². The van der Waals surface area contributed by atoms with Crippen molar-refractivity contribution in [3.05, 3.63) is 11.1 Å². The van der Waals surface area contributed by atoms with Gasteiger partial charge in [-0.3, -0.25) is 4.79 Å². The maximum Gasteiger partial charge on any atom is 0.335 e. The summed E-state index contributed by atoms with van der Waals surface area (Å²) in [5, 5.41) is 21.3. The smallest absolute Gasteiger partial charge is 0.335 e. The van der Waals surface area contributed by atoms with Crippen LogP contribution in [-0.4, -0.2) is 46.6 Å². The zero-order valence-electron chi connectivity index (χ0n) is 23.5. The molecule has 1 aliphatic heterocycles. The molecule has 12 atom stereocenters. The first-order chi connectivity index (χ1) is 17.3. The third-order valence-corrected chi connectivity index (χ3v) is 12.9. The summed E-state index contributed by atoms with van der Waals surface area (Å²) in [7, 11) is 0. The van der Waals surface area contributed by atoms with Crippen LogP contribution in [0.3, 0.4) is 0 Å². The number of fused-ring (bicyclic) bond motifs is 7. The van der Waals surface area contributed by atoms with E-state index in [2.05, 4.69) is 27.7 Å². The summed E-state index contributed by atoms with van der Waals surface area (Å²) < 4.78 is 12.0. The third-order valence-electron chi connectivity index (χ3n) is 12.9. The number of aliphatic hydroxyl groups excluding tert-OH is 2. The molecular formula is C31H46O6. The number of carbonyl (C=O) groups excluding carboxylic acids is 2. The van der Waals surface area contributed by atoms with Crippen molar-refractivity contribution in [2.75, 3.05) is 0 Å². The normalized spacial score (nSPS) is 53.0. The number of hydrogen-bond acceptors (Lipinski definition) is 6. The van der Waals surface area contributed by atoms with Crippen molar-refractivity contribution in [3.8, 4) is 0 Å². The molecule has 0 aromatic rings. The quantitative estimate of drug-likeness (QED) is 0.518. The van der Waals surface area contributed by atoms with E-state index in [-0.39, 0.29) is 29.1 Å². The van der Waals surface area contributed by atoms with Crippen LogP contribution in [0.15, 0.2) is 11.1 Å². The summed E-state index contributed by atoms with van der Waals surface area (Å²) in [4.78, 5) is 26.4. The molecule has 0 aromatic carbocycles. The molecule has 5 aliphatic carbocycles. The molecule has 0 bridgehead atoms. The van der Waals surface area contributed by atoms with Gasteiger partial charge in [-0.2, -0.15) is 0 Å². The van der Waals surface area contributed by atoms with Crippen molar-refractivity contribution < 1.29 is 29.3 Å². The summed E-state index contributed by atoms with van der Waals surface area (Å²) in [5.41, 5.74) is 1.07. The predicted octanol–water partition coefficient (Wildman–Crippen LogP) is 4.95. The lowest BCUT2D eigenvalue weighted by Crippen LogP contribution is -2.66. The van der Waals surface area contributed by atoms with E-state index in [0.717, 1.165) is 18.8 Å². The minimum absolute atomic E-state index is 0.00183. The van der Waals surface area contributed by atoms with Crippen LogP contribution >= 0.6 is 0 Å². The summed E-state index contributed by atoms with van der Waals surface area (Å²) in [6.07, 6.45) is 6.19. The van der Waals surface area contributed by atoms with Crippen LogP contribution in [0.4, 0.5) is 0 Å². The van der Waals surface area contributed by atoms with Crippen LogP contribution in [0.1, 0.15) is 99.3 Å². The maximum absolute atomic E-state index is 13.3. The van der Waals surface area contributed by atoms with E-state index < -0.39 is 35.8 Å². The van der Waals surface area contributed by atoms with Gasteiger partial charge in [0, 0.05) is 11.0 Å². The number of carbonyl (C=O) groups is 2. The second-order valence-corrected chi connectivity index (χ2v) is 14.6. The standard InChI is InChI=1S/C31H46O6/c1-16-15-31(16)10-7-9-28(4)20(31)8-11-29(5)21(28)14-23(37-24(34)12-17(2)32)30(6)22(29)13-19(33)25-18(3)36-27(35)26(25)30/h16-23,32-33H,7-15H2,1-6H3/t16-,17-,18-,19+,20+,21+,22-,23-,28-,29+,30+,31-/m0/s1. The SMILES string of the molecule is C[C@H](O)CC(=O)O[C@H]1C[C@@H]2[C@@]3(C)CCC[C@@]4(C[C@@H]4C)[C@@H]3CC[C@@]2(C)[C@@H]2C[C@@H](O)C3=C(C(=O)O[C@H]3C)[C@@]12C. The monoisotopic (exact) mass is 514 g/mol. The summed E-state index contributed by atoms with van der Waals surface area (Å²) in [5.74, 6) is 1.03. The Morgan fingerprint density at radius 2 is 1.76 bits per heavy atom. The highest BCUT2D eigenvalue weighted by Crippen LogP contribution is 2.78. The molecule has 0 amide bonds. The van der Waals surface area contributed by atoms with Gasteiger partial charge in [0.05, 0.1) is 24.2 Å². The highest BCUT2D eigenvalue weighted by Gasteiger charge is 2.73. The fourth-order valence-corrected chi connectivity index (χ4v) is 11.3. The van der Waals surface area contributed by atoms with Crippen molar-refractivity contribution in [1.82, 2.24) is 0 Å². The molecule has 6 nitrogen and oxygen atoms in total. The summed E-state index contributed by atoms with van der Waals surface area (Å²) in [6, 6.07) is 0. The van der Waals surface area contributed by atoms with Gasteiger partial charge >= 0.3 is 11.9 Å². The van der Waals surface area contributed by atoms with Gasteiger partial charge in [-0.25, -0.2) is 4.79 Å². The number of cyclic esters (lactones) is 1. The largest absolute Gasteiger partial charge is 0.461 e. The topological polar surface area (TPSA) is 93.1 Å².